The standard InChI is InChI=1S/C14H15N3O3/c1-9-14(19)12(10(8-18)5-15-9)7-16-11-3-4-13(20-2)17-6-11/h3-7,18-19H,8H2,1-2H3. The molecule has 104 valence electrons. The molecular formula is C14H15N3O3. The molecule has 0 fully saturated rings. The van der Waals surface area contributed by atoms with Crippen LogP contribution in [0.5, 0.6) is 11.6 Å². The predicted molar refractivity (Wildman–Crippen MR) is 74.6 cm³/mol. The number of aromatic nitrogens is 2. The van der Waals surface area contributed by atoms with Gasteiger partial charge in [0.15, 0.2) is 0 Å². The average molecular weight is 273 g/mol. The molecule has 0 aliphatic carbocycles. The lowest BCUT2D eigenvalue weighted by Gasteiger charge is -2.06. The van der Waals surface area contributed by atoms with Crippen LogP contribution in [0.3, 0.4) is 0 Å². The monoisotopic (exact) mass is 273 g/mol. The van der Waals surface area contributed by atoms with Crippen LogP contribution < -0.4 is 4.74 Å². The van der Waals surface area contributed by atoms with Crippen molar-refractivity contribution in [2.75, 3.05) is 7.11 Å². The van der Waals surface area contributed by atoms with E-state index < -0.39 is 0 Å². The lowest BCUT2D eigenvalue weighted by Crippen LogP contribution is -1.97. The van der Waals surface area contributed by atoms with Gasteiger partial charge in [0.25, 0.3) is 0 Å². The largest absolute Gasteiger partial charge is 0.505 e. The summed E-state index contributed by atoms with van der Waals surface area (Å²) in [5.41, 5.74) is 2.06. The fourth-order valence-corrected chi connectivity index (χ4v) is 1.63. The molecule has 0 spiro atoms. The number of rotatable bonds is 4. The molecule has 0 amide bonds. The summed E-state index contributed by atoms with van der Waals surface area (Å²) in [4.78, 5) is 12.2. The number of aryl methyl sites for hydroxylation is 1. The summed E-state index contributed by atoms with van der Waals surface area (Å²) in [5.74, 6) is 0.518. The van der Waals surface area contributed by atoms with Crippen LogP contribution in [0, 0.1) is 6.92 Å². The van der Waals surface area contributed by atoms with Gasteiger partial charge < -0.3 is 14.9 Å². The Morgan fingerprint density at radius 2 is 2.10 bits per heavy atom. The van der Waals surface area contributed by atoms with Gasteiger partial charge in [0.2, 0.25) is 5.88 Å². The first-order chi connectivity index (χ1) is 9.65. The molecule has 0 bridgehead atoms. The fraction of sp³-hybridized carbons (Fsp3) is 0.214. The number of ether oxygens (including phenoxy) is 1. The Kier molecular flexibility index (Phi) is 4.27. The Morgan fingerprint density at radius 3 is 2.70 bits per heavy atom. The number of aromatic hydroxyl groups is 1. The molecule has 2 aromatic heterocycles. The highest BCUT2D eigenvalue weighted by Crippen LogP contribution is 2.23. The van der Waals surface area contributed by atoms with Crippen LogP contribution >= 0.6 is 0 Å². The lowest BCUT2D eigenvalue weighted by atomic mass is 10.1. The van der Waals surface area contributed by atoms with Crippen LogP contribution in [0.1, 0.15) is 16.8 Å². The van der Waals surface area contributed by atoms with Crippen LogP contribution in [-0.4, -0.2) is 33.5 Å². The van der Waals surface area contributed by atoms with E-state index in [-0.39, 0.29) is 12.4 Å². The van der Waals surface area contributed by atoms with Gasteiger partial charge in [-0.15, -0.1) is 0 Å². The summed E-state index contributed by atoms with van der Waals surface area (Å²) < 4.78 is 4.96. The molecule has 0 aliphatic rings. The highest BCUT2D eigenvalue weighted by molar-refractivity contribution is 5.87. The maximum Gasteiger partial charge on any atom is 0.213 e. The first-order valence-electron chi connectivity index (χ1n) is 5.98. The Morgan fingerprint density at radius 1 is 1.30 bits per heavy atom. The van der Waals surface area contributed by atoms with E-state index in [1.54, 1.807) is 25.3 Å². The van der Waals surface area contributed by atoms with Gasteiger partial charge in [-0.05, 0) is 13.0 Å². The Balaban J connectivity index is 2.32. The predicted octanol–water partition coefficient (Wildman–Crippen LogP) is 1.74. The van der Waals surface area contributed by atoms with Crippen molar-refractivity contribution >= 4 is 11.9 Å². The van der Waals surface area contributed by atoms with Gasteiger partial charge in [-0.2, -0.15) is 0 Å². The summed E-state index contributed by atoms with van der Waals surface area (Å²) in [7, 11) is 1.54. The highest BCUT2D eigenvalue weighted by atomic mass is 16.5. The van der Waals surface area contributed by atoms with Crippen LogP contribution in [0.4, 0.5) is 5.69 Å². The molecule has 0 saturated heterocycles. The third-order valence-electron chi connectivity index (χ3n) is 2.80. The Hall–Kier alpha value is -2.47. The van der Waals surface area contributed by atoms with Crippen molar-refractivity contribution in [3.8, 4) is 11.6 Å². The van der Waals surface area contributed by atoms with E-state index in [1.807, 2.05) is 0 Å². The molecule has 0 saturated carbocycles. The molecule has 20 heavy (non-hydrogen) atoms. The van der Waals surface area contributed by atoms with Crippen molar-refractivity contribution < 1.29 is 14.9 Å². The fourth-order valence-electron chi connectivity index (χ4n) is 1.63. The van der Waals surface area contributed by atoms with Gasteiger partial charge in [-0.25, -0.2) is 4.98 Å². The number of aliphatic imine (C=N–C) groups is 1. The lowest BCUT2D eigenvalue weighted by molar-refractivity contribution is 0.280. The van der Waals surface area contributed by atoms with Crippen molar-refractivity contribution in [2.24, 2.45) is 4.99 Å². The van der Waals surface area contributed by atoms with E-state index in [0.29, 0.717) is 28.4 Å². The Labute approximate surface area is 116 Å². The van der Waals surface area contributed by atoms with E-state index in [1.165, 1.54) is 19.5 Å². The van der Waals surface area contributed by atoms with Gasteiger partial charge in [-0.3, -0.25) is 9.98 Å². The second kappa shape index (κ2) is 6.12. The van der Waals surface area contributed by atoms with Crippen molar-refractivity contribution in [1.82, 2.24) is 9.97 Å². The number of aliphatic hydroxyl groups is 1. The number of hydrogen-bond acceptors (Lipinski definition) is 6. The molecule has 2 N–H and O–H groups in total. The molecule has 0 unspecified atom stereocenters. The second-order valence-electron chi connectivity index (χ2n) is 4.11. The van der Waals surface area contributed by atoms with Gasteiger partial charge in [0.1, 0.15) is 5.75 Å². The summed E-state index contributed by atoms with van der Waals surface area (Å²) in [5, 5.41) is 19.2. The topological polar surface area (TPSA) is 87.8 Å². The molecule has 0 aromatic carbocycles. The maximum absolute atomic E-state index is 9.97. The summed E-state index contributed by atoms with van der Waals surface area (Å²) >= 11 is 0. The number of methoxy groups -OCH3 is 1. The van der Waals surface area contributed by atoms with Crippen molar-refractivity contribution in [2.45, 2.75) is 13.5 Å². The van der Waals surface area contributed by atoms with E-state index >= 15 is 0 Å². The molecule has 6 nitrogen and oxygen atoms in total. The summed E-state index contributed by atoms with van der Waals surface area (Å²) in [6, 6.07) is 3.43. The maximum atomic E-state index is 9.97. The number of aliphatic hydroxyl groups excluding tert-OH is 1. The van der Waals surface area contributed by atoms with Gasteiger partial charge >= 0.3 is 0 Å². The zero-order valence-electron chi connectivity index (χ0n) is 11.2. The third kappa shape index (κ3) is 2.92. The zero-order valence-corrected chi connectivity index (χ0v) is 11.2. The highest BCUT2D eigenvalue weighted by Gasteiger charge is 2.09. The van der Waals surface area contributed by atoms with Crippen molar-refractivity contribution in [3.05, 3.63) is 41.3 Å². The minimum atomic E-state index is -0.219. The van der Waals surface area contributed by atoms with Gasteiger partial charge in [0.05, 0.1) is 31.3 Å². The zero-order chi connectivity index (χ0) is 14.5. The van der Waals surface area contributed by atoms with E-state index in [0.717, 1.165) is 0 Å². The van der Waals surface area contributed by atoms with Crippen molar-refractivity contribution in [3.63, 3.8) is 0 Å². The third-order valence-corrected chi connectivity index (χ3v) is 2.80. The minimum absolute atomic E-state index is 0.0155. The van der Waals surface area contributed by atoms with Crippen LogP contribution in [0.15, 0.2) is 29.5 Å². The van der Waals surface area contributed by atoms with Crippen LogP contribution in [0.2, 0.25) is 0 Å². The molecule has 2 heterocycles. The summed E-state index contributed by atoms with van der Waals surface area (Å²) in [6.07, 6.45) is 4.56. The number of hydrogen-bond donors (Lipinski definition) is 2. The smallest absolute Gasteiger partial charge is 0.213 e. The molecule has 2 rings (SSSR count). The normalized spacial score (nSPS) is 10.9. The molecule has 6 heteroatoms. The molecule has 0 radical (unpaired) electrons. The van der Waals surface area contributed by atoms with Crippen molar-refractivity contribution in [1.29, 1.82) is 0 Å². The number of nitrogens with zero attached hydrogens (tertiary/aromatic N) is 3. The molecule has 2 aromatic rings. The average Bonchev–Trinajstić information content (AvgIpc) is 2.49. The van der Waals surface area contributed by atoms with E-state index in [9.17, 15) is 10.2 Å². The van der Waals surface area contributed by atoms with Crippen LogP contribution in [0.25, 0.3) is 0 Å². The summed E-state index contributed by atoms with van der Waals surface area (Å²) in [6.45, 7) is 1.46. The number of pyridine rings is 2. The minimum Gasteiger partial charge on any atom is -0.505 e. The molecule has 0 atom stereocenters. The Bertz CT molecular complexity index is 624. The van der Waals surface area contributed by atoms with Crippen LogP contribution in [-0.2, 0) is 6.61 Å². The SMILES string of the molecule is COc1ccc(N=Cc2c(CO)cnc(C)c2O)cn1. The molecule has 0 aliphatic heterocycles. The van der Waals surface area contributed by atoms with Gasteiger partial charge in [-0.1, -0.05) is 0 Å². The first-order valence-corrected chi connectivity index (χ1v) is 5.98. The first kappa shape index (κ1) is 14.0. The quantitative estimate of drug-likeness (QED) is 0.828. The van der Waals surface area contributed by atoms with Gasteiger partial charge in [0, 0.05) is 29.6 Å². The second-order valence-corrected chi connectivity index (χ2v) is 4.11. The molecular weight excluding hydrogens is 258 g/mol. The van der Waals surface area contributed by atoms with E-state index in [4.69, 9.17) is 4.74 Å². The van der Waals surface area contributed by atoms with E-state index in [2.05, 4.69) is 15.0 Å².